The number of nitrogens with one attached hydrogen (secondary N) is 2. The molecular formula is C11H14BrN3O2S2. The van der Waals surface area contributed by atoms with Crippen molar-refractivity contribution in [1.82, 2.24) is 10.2 Å². The number of nitrogens with zero attached hydrogens (tertiary/aromatic N) is 1. The molecule has 0 spiro atoms. The van der Waals surface area contributed by atoms with E-state index in [1.165, 1.54) is 11.3 Å². The minimum Gasteiger partial charge on any atom is -0.280 e. The third kappa shape index (κ3) is 3.37. The highest BCUT2D eigenvalue weighted by Crippen LogP contribution is 2.31. The minimum atomic E-state index is -3.56. The molecule has 0 bridgehead atoms. The fraction of sp³-hybridized carbons (Fsp3) is 0.364. The lowest BCUT2D eigenvalue weighted by Crippen LogP contribution is -2.11. The molecule has 0 aromatic carbocycles. The number of aryl methyl sites for hydroxylation is 2. The maximum absolute atomic E-state index is 12.2. The van der Waals surface area contributed by atoms with Gasteiger partial charge in [-0.15, -0.1) is 11.3 Å². The monoisotopic (exact) mass is 363 g/mol. The van der Waals surface area contributed by atoms with E-state index >= 15 is 0 Å². The highest BCUT2D eigenvalue weighted by molar-refractivity contribution is 9.11. The smallest absolute Gasteiger partial charge is 0.272 e. The van der Waals surface area contributed by atoms with E-state index in [1.54, 1.807) is 12.1 Å². The molecule has 19 heavy (non-hydrogen) atoms. The van der Waals surface area contributed by atoms with Crippen molar-refractivity contribution in [3.63, 3.8) is 0 Å². The summed E-state index contributed by atoms with van der Waals surface area (Å²) in [5.74, 6) is 0.325. The maximum atomic E-state index is 12.2. The highest BCUT2D eigenvalue weighted by atomic mass is 79.9. The van der Waals surface area contributed by atoms with E-state index in [1.807, 2.05) is 6.92 Å². The fourth-order valence-electron chi connectivity index (χ4n) is 1.56. The third-order valence-corrected chi connectivity index (χ3v) is 6.45. The van der Waals surface area contributed by atoms with Crippen molar-refractivity contribution in [2.24, 2.45) is 0 Å². The number of hydrogen-bond donors (Lipinski definition) is 2. The van der Waals surface area contributed by atoms with E-state index in [4.69, 9.17) is 0 Å². The number of aromatic nitrogens is 2. The summed E-state index contributed by atoms with van der Waals surface area (Å²) in [4.78, 5) is 0. The molecule has 0 radical (unpaired) electrons. The first-order chi connectivity index (χ1) is 8.92. The van der Waals surface area contributed by atoms with Crippen molar-refractivity contribution >= 4 is 43.1 Å². The molecule has 104 valence electrons. The van der Waals surface area contributed by atoms with Crippen molar-refractivity contribution in [2.45, 2.75) is 30.9 Å². The van der Waals surface area contributed by atoms with E-state index in [-0.39, 0.29) is 4.21 Å². The zero-order chi connectivity index (χ0) is 14.0. The van der Waals surface area contributed by atoms with Crippen LogP contribution in [0.3, 0.4) is 0 Å². The second-order valence-corrected chi connectivity index (χ2v) is 8.44. The van der Waals surface area contributed by atoms with Crippen LogP contribution in [-0.4, -0.2) is 18.6 Å². The van der Waals surface area contributed by atoms with E-state index in [9.17, 15) is 8.42 Å². The average Bonchev–Trinajstić information content (AvgIpc) is 2.88. The molecule has 0 amide bonds. The van der Waals surface area contributed by atoms with Crippen LogP contribution in [-0.2, 0) is 16.4 Å². The summed E-state index contributed by atoms with van der Waals surface area (Å²) in [6, 6.07) is 3.35. The van der Waals surface area contributed by atoms with Crippen LogP contribution in [0.2, 0.25) is 0 Å². The molecule has 0 aliphatic heterocycles. The van der Waals surface area contributed by atoms with Crippen LogP contribution in [0.25, 0.3) is 0 Å². The molecule has 2 heterocycles. The lowest BCUT2D eigenvalue weighted by Gasteiger charge is -2.01. The number of aromatic amines is 1. The van der Waals surface area contributed by atoms with Gasteiger partial charge in [0.2, 0.25) is 0 Å². The summed E-state index contributed by atoms with van der Waals surface area (Å²) in [5.41, 5.74) is 1.82. The average molecular weight is 364 g/mol. The molecule has 0 atom stereocenters. The Bertz CT molecular complexity index is 656. The second kappa shape index (κ2) is 5.64. The van der Waals surface area contributed by atoms with E-state index in [0.717, 1.165) is 27.9 Å². The summed E-state index contributed by atoms with van der Waals surface area (Å²) >= 11 is 4.51. The van der Waals surface area contributed by atoms with Crippen LogP contribution in [0.1, 0.15) is 24.6 Å². The molecule has 0 fully saturated rings. The van der Waals surface area contributed by atoms with Gasteiger partial charge in [0.05, 0.1) is 3.79 Å². The van der Waals surface area contributed by atoms with E-state index < -0.39 is 10.0 Å². The second-order valence-electron chi connectivity index (χ2n) is 4.16. The highest BCUT2D eigenvalue weighted by Gasteiger charge is 2.19. The Hall–Kier alpha value is -0.860. The Morgan fingerprint density at radius 3 is 2.79 bits per heavy atom. The van der Waals surface area contributed by atoms with Gasteiger partial charge < -0.3 is 0 Å². The molecule has 0 aliphatic rings. The van der Waals surface area contributed by atoms with Crippen molar-refractivity contribution in [1.29, 1.82) is 0 Å². The van der Waals surface area contributed by atoms with Crippen LogP contribution in [0.15, 0.2) is 20.1 Å². The van der Waals surface area contributed by atoms with Crippen LogP contribution in [0, 0.1) is 6.92 Å². The summed E-state index contributed by atoms with van der Waals surface area (Å²) in [7, 11) is -3.56. The minimum absolute atomic E-state index is 0.275. The first-order valence-electron chi connectivity index (χ1n) is 5.75. The molecule has 2 aromatic rings. The molecule has 2 N–H and O–H groups in total. The van der Waals surface area contributed by atoms with Crippen molar-refractivity contribution in [3.8, 4) is 0 Å². The van der Waals surface area contributed by atoms with Gasteiger partial charge >= 0.3 is 0 Å². The fourth-order valence-corrected chi connectivity index (χ4v) is 4.78. The first kappa shape index (κ1) is 14.5. The van der Waals surface area contributed by atoms with Crippen molar-refractivity contribution in [3.05, 3.63) is 27.2 Å². The molecule has 2 aromatic heterocycles. The van der Waals surface area contributed by atoms with Gasteiger partial charge in [0.25, 0.3) is 10.0 Å². The Labute approximate surface area is 124 Å². The SMILES string of the molecule is CCCc1cc(NS(=O)(=O)c2cc(C)c(Br)s2)n[nH]1. The number of rotatable bonds is 5. The van der Waals surface area contributed by atoms with E-state index in [2.05, 4.69) is 37.8 Å². The van der Waals surface area contributed by atoms with Crippen LogP contribution < -0.4 is 4.72 Å². The van der Waals surface area contributed by atoms with Gasteiger partial charge in [-0.2, -0.15) is 5.10 Å². The lowest BCUT2D eigenvalue weighted by atomic mass is 10.2. The standard InChI is InChI=1S/C11H14BrN3O2S2/c1-3-4-8-6-9(14-13-8)15-19(16,17)10-5-7(2)11(12)18-10/h5-6H,3-4H2,1-2H3,(H2,13,14,15). The van der Waals surface area contributed by atoms with Crippen molar-refractivity contribution in [2.75, 3.05) is 4.72 Å². The Balaban J connectivity index is 2.20. The molecule has 0 saturated carbocycles. The number of hydrogen-bond acceptors (Lipinski definition) is 4. The molecule has 0 saturated heterocycles. The summed E-state index contributed by atoms with van der Waals surface area (Å²) in [6.45, 7) is 3.91. The molecular weight excluding hydrogens is 350 g/mol. The number of halogens is 1. The molecule has 8 heteroatoms. The Morgan fingerprint density at radius 2 is 2.21 bits per heavy atom. The molecule has 5 nitrogen and oxygen atoms in total. The maximum Gasteiger partial charge on any atom is 0.272 e. The predicted octanol–water partition coefficient (Wildman–Crippen LogP) is 3.30. The van der Waals surface area contributed by atoms with Gasteiger partial charge in [-0.1, -0.05) is 13.3 Å². The zero-order valence-corrected chi connectivity index (χ0v) is 13.7. The van der Waals surface area contributed by atoms with Crippen LogP contribution in [0.4, 0.5) is 5.82 Å². The molecule has 0 unspecified atom stereocenters. The largest absolute Gasteiger partial charge is 0.280 e. The van der Waals surface area contributed by atoms with Gasteiger partial charge in [-0.3, -0.25) is 9.82 Å². The molecule has 0 aliphatic carbocycles. The Morgan fingerprint density at radius 1 is 1.47 bits per heavy atom. The topological polar surface area (TPSA) is 74.8 Å². The van der Waals surface area contributed by atoms with Gasteiger partial charge in [0.15, 0.2) is 5.82 Å². The van der Waals surface area contributed by atoms with Gasteiger partial charge in [-0.05, 0) is 40.9 Å². The van der Waals surface area contributed by atoms with Gasteiger partial charge in [0, 0.05) is 11.8 Å². The Kier molecular flexibility index (Phi) is 4.32. The van der Waals surface area contributed by atoms with E-state index in [0.29, 0.717) is 5.82 Å². The number of sulfonamides is 1. The lowest BCUT2D eigenvalue weighted by molar-refractivity contribution is 0.603. The number of H-pyrrole nitrogens is 1. The van der Waals surface area contributed by atoms with Crippen LogP contribution >= 0.6 is 27.3 Å². The quantitative estimate of drug-likeness (QED) is 0.855. The first-order valence-corrected chi connectivity index (χ1v) is 8.84. The van der Waals surface area contributed by atoms with Gasteiger partial charge in [-0.25, -0.2) is 8.42 Å². The third-order valence-electron chi connectivity index (χ3n) is 2.49. The number of thiophene rings is 1. The summed E-state index contributed by atoms with van der Waals surface area (Å²) in [6.07, 6.45) is 1.82. The summed E-state index contributed by atoms with van der Waals surface area (Å²) in [5, 5.41) is 6.77. The predicted molar refractivity (Wildman–Crippen MR) is 80.1 cm³/mol. The van der Waals surface area contributed by atoms with Crippen molar-refractivity contribution < 1.29 is 8.42 Å². The van der Waals surface area contributed by atoms with Gasteiger partial charge in [0.1, 0.15) is 4.21 Å². The number of anilines is 1. The van der Waals surface area contributed by atoms with Crippen LogP contribution in [0.5, 0.6) is 0 Å². The molecule has 2 rings (SSSR count). The summed E-state index contributed by atoms with van der Waals surface area (Å²) < 4.78 is 27.9. The zero-order valence-electron chi connectivity index (χ0n) is 10.5. The normalized spacial score (nSPS) is 11.7.